The number of nitrogens with zero attached hydrogens (tertiary/aromatic N) is 3. The Bertz CT molecular complexity index is 703. The summed E-state index contributed by atoms with van der Waals surface area (Å²) in [6, 6.07) is 5.96. The van der Waals surface area contributed by atoms with Crippen LogP contribution in [0.1, 0.15) is 50.6 Å². The molecule has 1 atom stereocenters. The highest BCUT2D eigenvalue weighted by Crippen LogP contribution is 2.29. The van der Waals surface area contributed by atoms with Gasteiger partial charge in [0.05, 0.1) is 18.4 Å². The fourth-order valence-electron chi connectivity index (χ4n) is 4.38. The van der Waals surface area contributed by atoms with E-state index in [1.807, 2.05) is 39.9 Å². The molecule has 2 aromatic rings. The van der Waals surface area contributed by atoms with Gasteiger partial charge in [0.1, 0.15) is 5.65 Å². The van der Waals surface area contributed by atoms with Crippen LogP contribution in [0.3, 0.4) is 0 Å². The van der Waals surface area contributed by atoms with E-state index in [0.29, 0.717) is 19.4 Å². The second-order valence-corrected chi connectivity index (χ2v) is 7.77. The lowest BCUT2D eigenvalue weighted by atomic mass is 9.85. The number of imidazole rings is 1. The van der Waals surface area contributed by atoms with E-state index in [9.17, 15) is 4.79 Å². The molecule has 4 rings (SSSR count). The number of carbonyl (C=O) groups is 1. The van der Waals surface area contributed by atoms with Crippen LogP contribution in [0.25, 0.3) is 5.65 Å². The summed E-state index contributed by atoms with van der Waals surface area (Å²) in [4.78, 5) is 19.3. The van der Waals surface area contributed by atoms with Crippen LogP contribution in [0.2, 0.25) is 0 Å². The summed E-state index contributed by atoms with van der Waals surface area (Å²) >= 11 is 0. The van der Waals surface area contributed by atoms with Gasteiger partial charge < -0.3 is 14.0 Å². The molecule has 0 N–H and O–H groups in total. The number of amides is 1. The van der Waals surface area contributed by atoms with Crippen molar-refractivity contribution in [3.05, 3.63) is 36.3 Å². The maximum Gasteiger partial charge on any atom is 0.223 e. The Labute approximate surface area is 155 Å². The van der Waals surface area contributed by atoms with Crippen LogP contribution in [0.15, 0.2) is 30.6 Å². The average molecular weight is 355 g/mol. The SMILES string of the molecule is O=C(CCc1cn2ccccc2n1)N1CCOC(CC2CCCCC2)C1. The van der Waals surface area contributed by atoms with Crippen LogP contribution in [-0.4, -0.2) is 46.0 Å². The molecule has 0 radical (unpaired) electrons. The molecule has 3 heterocycles. The highest BCUT2D eigenvalue weighted by molar-refractivity contribution is 5.76. The molecule has 5 heteroatoms. The van der Waals surface area contributed by atoms with Crippen LogP contribution >= 0.6 is 0 Å². The standard InChI is InChI=1S/C21H29N3O2/c25-21(10-9-18-15-23-11-5-4-8-20(23)22-18)24-12-13-26-19(16-24)14-17-6-2-1-3-7-17/h4-5,8,11,15,17,19H,1-3,6-7,9-10,12-14,16H2. The van der Waals surface area contributed by atoms with Gasteiger partial charge >= 0.3 is 0 Å². The number of pyridine rings is 1. The van der Waals surface area contributed by atoms with Gasteiger partial charge in [-0.05, 0) is 30.9 Å². The van der Waals surface area contributed by atoms with Crippen LogP contribution in [0.4, 0.5) is 0 Å². The molecule has 1 aliphatic heterocycles. The number of ether oxygens (including phenoxy) is 1. The van der Waals surface area contributed by atoms with Crippen molar-refractivity contribution in [1.29, 1.82) is 0 Å². The number of carbonyl (C=O) groups excluding carboxylic acids is 1. The van der Waals surface area contributed by atoms with Gasteiger partial charge in [-0.3, -0.25) is 4.79 Å². The Morgan fingerprint density at radius 1 is 1.23 bits per heavy atom. The zero-order valence-electron chi connectivity index (χ0n) is 15.5. The first-order chi connectivity index (χ1) is 12.8. The van der Waals surface area contributed by atoms with E-state index in [4.69, 9.17) is 4.74 Å². The van der Waals surface area contributed by atoms with E-state index in [1.54, 1.807) is 0 Å². The third-order valence-corrected chi connectivity index (χ3v) is 5.82. The summed E-state index contributed by atoms with van der Waals surface area (Å²) < 4.78 is 7.96. The molecule has 0 bridgehead atoms. The van der Waals surface area contributed by atoms with E-state index in [0.717, 1.165) is 36.8 Å². The molecule has 5 nitrogen and oxygen atoms in total. The molecule has 2 aliphatic rings. The number of fused-ring (bicyclic) bond motifs is 1. The lowest BCUT2D eigenvalue weighted by Crippen LogP contribution is -2.46. The van der Waals surface area contributed by atoms with Crippen molar-refractivity contribution >= 4 is 11.6 Å². The second kappa shape index (κ2) is 8.21. The maximum absolute atomic E-state index is 12.7. The number of rotatable bonds is 5. The van der Waals surface area contributed by atoms with Crippen LogP contribution in [0, 0.1) is 5.92 Å². The fraction of sp³-hybridized carbons (Fsp3) is 0.619. The molecule has 2 aromatic heterocycles. The lowest BCUT2D eigenvalue weighted by Gasteiger charge is -2.35. The van der Waals surface area contributed by atoms with Crippen molar-refractivity contribution in [2.24, 2.45) is 5.92 Å². The molecule has 140 valence electrons. The minimum atomic E-state index is 0.228. The molecular formula is C21H29N3O2. The summed E-state index contributed by atoms with van der Waals surface area (Å²) in [5, 5.41) is 0. The Morgan fingerprint density at radius 3 is 2.96 bits per heavy atom. The first kappa shape index (κ1) is 17.5. The van der Waals surface area contributed by atoms with Crippen LogP contribution < -0.4 is 0 Å². The van der Waals surface area contributed by atoms with Crippen molar-refractivity contribution < 1.29 is 9.53 Å². The normalized spacial score (nSPS) is 22.0. The Kier molecular flexibility index (Phi) is 5.54. The quantitative estimate of drug-likeness (QED) is 0.825. The first-order valence-electron chi connectivity index (χ1n) is 10.1. The lowest BCUT2D eigenvalue weighted by molar-refractivity contribution is -0.139. The van der Waals surface area contributed by atoms with Crippen LogP contribution in [0.5, 0.6) is 0 Å². The first-order valence-corrected chi connectivity index (χ1v) is 10.1. The third kappa shape index (κ3) is 4.26. The molecule has 0 spiro atoms. The minimum Gasteiger partial charge on any atom is -0.375 e. The predicted molar refractivity (Wildman–Crippen MR) is 101 cm³/mol. The maximum atomic E-state index is 12.7. The molecule has 1 amide bonds. The number of aryl methyl sites for hydroxylation is 1. The zero-order chi connectivity index (χ0) is 17.8. The molecule has 1 unspecified atom stereocenters. The Hall–Kier alpha value is -1.88. The van der Waals surface area contributed by atoms with Crippen molar-refractivity contribution in [3.8, 4) is 0 Å². The fourth-order valence-corrected chi connectivity index (χ4v) is 4.38. The smallest absolute Gasteiger partial charge is 0.223 e. The number of hydrogen-bond acceptors (Lipinski definition) is 3. The summed E-state index contributed by atoms with van der Waals surface area (Å²) in [6.45, 7) is 2.17. The van der Waals surface area contributed by atoms with E-state index in [-0.39, 0.29) is 12.0 Å². The van der Waals surface area contributed by atoms with Crippen LogP contribution in [-0.2, 0) is 16.0 Å². The highest BCUT2D eigenvalue weighted by Gasteiger charge is 2.27. The molecule has 1 saturated carbocycles. The van der Waals surface area contributed by atoms with Gasteiger partial charge in [-0.15, -0.1) is 0 Å². The van der Waals surface area contributed by atoms with Crippen molar-refractivity contribution in [2.75, 3.05) is 19.7 Å². The van der Waals surface area contributed by atoms with Gasteiger partial charge in [-0.2, -0.15) is 0 Å². The Morgan fingerprint density at radius 2 is 2.12 bits per heavy atom. The highest BCUT2D eigenvalue weighted by atomic mass is 16.5. The zero-order valence-corrected chi connectivity index (χ0v) is 15.5. The number of aromatic nitrogens is 2. The van der Waals surface area contributed by atoms with Crippen molar-refractivity contribution in [2.45, 2.75) is 57.5 Å². The van der Waals surface area contributed by atoms with Gasteiger partial charge in [-0.25, -0.2) is 4.98 Å². The van der Waals surface area contributed by atoms with E-state index >= 15 is 0 Å². The summed E-state index contributed by atoms with van der Waals surface area (Å²) in [5.74, 6) is 1.03. The number of morpholine rings is 1. The van der Waals surface area contributed by atoms with Crippen molar-refractivity contribution in [1.82, 2.24) is 14.3 Å². The van der Waals surface area contributed by atoms with E-state index in [1.165, 1.54) is 32.1 Å². The Balaban J connectivity index is 1.28. The second-order valence-electron chi connectivity index (χ2n) is 7.77. The molecular weight excluding hydrogens is 326 g/mol. The van der Waals surface area contributed by atoms with Crippen molar-refractivity contribution in [3.63, 3.8) is 0 Å². The van der Waals surface area contributed by atoms with E-state index in [2.05, 4.69) is 4.98 Å². The van der Waals surface area contributed by atoms with Gasteiger partial charge in [-0.1, -0.05) is 38.2 Å². The van der Waals surface area contributed by atoms with E-state index < -0.39 is 0 Å². The monoisotopic (exact) mass is 355 g/mol. The van der Waals surface area contributed by atoms with Gasteiger partial charge in [0.2, 0.25) is 5.91 Å². The molecule has 0 aromatic carbocycles. The molecule has 1 saturated heterocycles. The predicted octanol–water partition coefficient (Wildman–Crippen LogP) is 3.46. The summed E-state index contributed by atoms with van der Waals surface area (Å²) in [7, 11) is 0. The minimum absolute atomic E-state index is 0.228. The third-order valence-electron chi connectivity index (χ3n) is 5.82. The molecule has 26 heavy (non-hydrogen) atoms. The summed E-state index contributed by atoms with van der Waals surface area (Å²) in [5.41, 5.74) is 1.92. The topological polar surface area (TPSA) is 46.8 Å². The number of hydrogen-bond donors (Lipinski definition) is 0. The molecule has 1 aliphatic carbocycles. The summed E-state index contributed by atoms with van der Waals surface area (Å²) in [6.07, 6.45) is 13.4. The average Bonchev–Trinajstić information content (AvgIpc) is 3.10. The van der Waals surface area contributed by atoms with Gasteiger partial charge in [0.15, 0.2) is 0 Å². The largest absolute Gasteiger partial charge is 0.375 e. The van der Waals surface area contributed by atoms with Gasteiger partial charge in [0.25, 0.3) is 0 Å². The molecule has 2 fully saturated rings. The van der Waals surface area contributed by atoms with Gasteiger partial charge in [0, 0.05) is 31.9 Å².